The van der Waals surface area contributed by atoms with Crippen LogP contribution in [0.4, 0.5) is 5.13 Å². The number of thiazole rings is 1. The minimum absolute atomic E-state index is 0.254. The molecular formula is C12H17ClN2O2S. The van der Waals surface area contributed by atoms with Crippen molar-refractivity contribution < 1.29 is 9.53 Å². The van der Waals surface area contributed by atoms with Crippen LogP contribution >= 0.6 is 22.9 Å². The zero-order chi connectivity index (χ0) is 13.0. The van der Waals surface area contributed by atoms with E-state index in [1.165, 1.54) is 50.6 Å². The van der Waals surface area contributed by atoms with Crippen LogP contribution in [-0.2, 0) is 4.74 Å². The van der Waals surface area contributed by atoms with Gasteiger partial charge in [-0.05, 0) is 12.8 Å². The maximum atomic E-state index is 11.5. The summed E-state index contributed by atoms with van der Waals surface area (Å²) < 4.78 is 4.69. The van der Waals surface area contributed by atoms with Gasteiger partial charge in [0.25, 0.3) is 0 Å². The van der Waals surface area contributed by atoms with Crippen LogP contribution in [0.2, 0.25) is 5.15 Å². The first-order valence-corrected chi connectivity index (χ1v) is 7.41. The number of methoxy groups -OCH3 is 1. The molecule has 0 saturated carbocycles. The zero-order valence-corrected chi connectivity index (χ0v) is 12.0. The third kappa shape index (κ3) is 3.14. The summed E-state index contributed by atoms with van der Waals surface area (Å²) >= 11 is 7.31. The molecule has 0 radical (unpaired) electrons. The summed E-state index contributed by atoms with van der Waals surface area (Å²) in [7, 11) is 1.36. The van der Waals surface area contributed by atoms with Crippen LogP contribution in [0.5, 0.6) is 0 Å². The molecule has 2 heterocycles. The highest BCUT2D eigenvalue weighted by Gasteiger charge is 2.20. The normalized spacial score (nSPS) is 17.1. The summed E-state index contributed by atoms with van der Waals surface area (Å²) in [6.07, 6.45) is 6.19. The van der Waals surface area contributed by atoms with E-state index in [-0.39, 0.29) is 5.15 Å². The molecule has 0 amide bonds. The summed E-state index contributed by atoms with van der Waals surface area (Å²) in [4.78, 5) is 18.4. The van der Waals surface area contributed by atoms with E-state index in [0.29, 0.717) is 4.88 Å². The van der Waals surface area contributed by atoms with Gasteiger partial charge in [0.15, 0.2) is 15.2 Å². The molecule has 1 aliphatic rings. The van der Waals surface area contributed by atoms with Gasteiger partial charge in [-0.3, -0.25) is 0 Å². The number of rotatable bonds is 2. The molecule has 18 heavy (non-hydrogen) atoms. The van der Waals surface area contributed by atoms with Crippen molar-refractivity contribution in [2.24, 2.45) is 0 Å². The molecule has 4 nitrogen and oxygen atoms in total. The number of halogens is 1. The first-order chi connectivity index (χ1) is 8.72. The highest BCUT2D eigenvalue weighted by atomic mass is 35.5. The van der Waals surface area contributed by atoms with Gasteiger partial charge in [0.05, 0.1) is 7.11 Å². The Hall–Kier alpha value is -0.810. The van der Waals surface area contributed by atoms with Gasteiger partial charge in [0.1, 0.15) is 0 Å². The van der Waals surface area contributed by atoms with Crippen LogP contribution in [0.25, 0.3) is 0 Å². The van der Waals surface area contributed by atoms with Gasteiger partial charge in [-0.2, -0.15) is 0 Å². The fraction of sp³-hybridized carbons (Fsp3) is 0.667. The molecule has 0 aromatic carbocycles. The SMILES string of the molecule is COC(=O)c1sc(N2CCCCCCC2)nc1Cl. The van der Waals surface area contributed by atoms with Crippen molar-refractivity contribution in [3.8, 4) is 0 Å². The number of carbonyl (C=O) groups excluding carboxylic acids is 1. The molecule has 6 heteroatoms. The second kappa shape index (κ2) is 6.38. The Morgan fingerprint density at radius 1 is 1.28 bits per heavy atom. The van der Waals surface area contributed by atoms with Gasteiger partial charge in [0.2, 0.25) is 0 Å². The molecular weight excluding hydrogens is 272 g/mol. The molecule has 0 bridgehead atoms. The fourth-order valence-electron chi connectivity index (χ4n) is 2.08. The van der Waals surface area contributed by atoms with Crippen LogP contribution in [0.1, 0.15) is 41.8 Å². The van der Waals surface area contributed by atoms with Gasteiger partial charge >= 0.3 is 5.97 Å². The maximum Gasteiger partial charge on any atom is 0.351 e. The quantitative estimate of drug-likeness (QED) is 0.783. The van der Waals surface area contributed by atoms with E-state index in [2.05, 4.69) is 9.88 Å². The van der Waals surface area contributed by atoms with Gasteiger partial charge < -0.3 is 9.64 Å². The van der Waals surface area contributed by atoms with Gasteiger partial charge in [-0.1, -0.05) is 42.2 Å². The molecule has 1 aromatic heterocycles. The summed E-state index contributed by atoms with van der Waals surface area (Å²) in [5.74, 6) is -0.407. The predicted molar refractivity (Wildman–Crippen MR) is 73.8 cm³/mol. The van der Waals surface area contributed by atoms with Gasteiger partial charge in [-0.25, -0.2) is 9.78 Å². The van der Waals surface area contributed by atoms with Crippen molar-refractivity contribution in [1.82, 2.24) is 4.98 Å². The van der Waals surface area contributed by atoms with Crippen LogP contribution < -0.4 is 4.90 Å². The van der Waals surface area contributed by atoms with Crippen LogP contribution in [0.3, 0.4) is 0 Å². The molecule has 1 aromatic rings. The van der Waals surface area contributed by atoms with E-state index >= 15 is 0 Å². The number of nitrogens with zero attached hydrogens (tertiary/aromatic N) is 2. The summed E-state index contributed by atoms with van der Waals surface area (Å²) in [6.45, 7) is 1.98. The maximum absolute atomic E-state index is 11.5. The summed E-state index contributed by atoms with van der Waals surface area (Å²) in [5.41, 5.74) is 0. The van der Waals surface area contributed by atoms with Crippen LogP contribution in [0, 0.1) is 0 Å². The Morgan fingerprint density at radius 3 is 2.50 bits per heavy atom. The number of anilines is 1. The highest BCUT2D eigenvalue weighted by Crippen LogP contribution is 2.31. The molecule has 0 aliphatic carbocycles. The minimum Gasteiger partial charge on any atom is -0.465 e. The Balaban J connectivity index is 2.14. The molecule has 0 atom stereocenters. The molecule has 0 unspecified atom stereocenters. The van der Waals surface area contributed by atoms with E-state index in [4.69, 9.17) is 16.3 Å². The van der Waals surface area contributed by atoms with E-state index in [9.17, 15) is 4.79 Å². The Kier molecular flexibility index (Phi) is 4.83. The number of aromatic nitrogens is 1. The fourth-order valence-corrected chi connectivity index (χ4v) is 3.33. The third-order valence-electron chi connectivity index (χ3n) is 3.07. The largest absolute Gasteiger partial charge is 0.465 e. The van der Waals surface area contributed by atoms with Crippen molar-refractivity contribution in [2.45, 2.75) is 32.1 Å². The second-order valence-corrected chi connectivity index (χ2v) is 5.70. The number of hydrogen-bond acceptors (Lipinski definition) is 5. The average molecular weight is 289 g/mol. The van der Waals surface area contributed by atoms with Crippen molar-refractivity contribution in [3.63, 3.8) is 0 Å². The predicted octanol–water partition coefficient (Wildman–Crippen LogP) is 3.35. The molecule has 100 valence electrons. The lowest BCUT2D eigenvalue weighted by atomic mass is 10.1. The van der Waals surface area contributed by atoms with Gasteiger partial charge in [-0.15, -0.1) is 0 Å². The van der Waals surface area contributed by atoms with E-state index < -0.39 is 5.97 Å². The zero-order valence-electron chi connectivity index (χ0n) is 10.4. The number of hydrogen-bond donors (Lipinski definition) is 0. The van der Waals surface area contributed by atoms with E-state index in [0.717, 1.165) is 18.2 Å². The minimum atomic E-state index is -0.407. The molecule has 0 N–H and O–H groups in total. The van der Waals surface area contributed by atoms with Crippen LogP contribution in [-0.4, -0.2) is 31.2 Å². The van der Waals surface area contributed by atoms with Crippen molar-refractivity contribution in [3.05, 3.63) is 10.0 Å². The molecule has 1 aliphatic heterocycles. The van der Waals surface area contributed by atoms with Crippen molar-refractivity contribution in [2.75, 3.05) is 25.1 Å². The Bertz CT molecular complexity index is 414. The second-order valence-electron chi connectivity index (χ2n) is 4.36. The summed E-state index contributed by atoms with van der Waals surface area (Å²) in [6, 6.07) is 0. The smallest absolute Gasteiger partial charge is 0.351 e. The number of ether oxygens (including phenoxy) is 1. The van der Waals surface area contributed by atoms with E-state index in [1.54, 1.807) is 0 Å². The summed E-state index contributed by atoms with van der Waals surface area (Å²) in [5, 5.41) is 1.09. The lowest BCUT2D eigenvalue weighted by Crippen LogP contribution is -2.26. The first kappa shape index (κ1) is 13.6. The average Bonchev–Trinajstić information content (AvgIpc) is 2.70. The number of esters is 1. The van der Waals surface area contributed by atoms with Gasteiger partial charge in [0, 0.05) is 13.1 Å². The molecule has 0 spiro atoms. The molecule has 1 fully saturated rings. The Labute approximate surface area is 116 Å². The van der Waals surface area contributed by atoms with E-state index in [1.807, 2.05) is 0 Å². The highest BCUT2D eigenvalue weighted by molar-refractivity contribution is 7.18. The standard InChI is InChI=1S/C12H17ClN2O2S/c1-17-11(16)9-10(13)14-12(18-9)15-7-5-3-2-4-6-8-15/h2-8H2,1H3. The lowest BCUT2D eigenvalue weighted by molar-refractivity contribution is 0.0606. The Morgan fingerprint density at radius 2 is 1.89 bits per heavy atom. The lowest BCUT2D eigenvalue weighted by Gasteiger charge is -2.23. The third-order valence-corrected chi connectivity index (χ3v) is 4.55. The monoisotopic (exact) mass is 288 g/mol. The number of carbonyl (C=O) groups is 1. The first-order valence-electron chi connectivity index (χ1n) is 6.22. The topological polar surface area (TPSA) is 42.4 Å². The molecule has 1 saturated heterocycles. The van der Waals surface area contributed by atoms with Crippen molar-refractivity contribution >= 4 is 34.0 Å². The van der Waals surface area contributed by atoms with Crippen LogP contribution in [0.15, 0.2) is 0 Å². The molecule has 2 rings (SSSR count). The van der Waals surface area contributed by atoms with Crippen molar-refractivity contribution in [1.29, 1.82) is 0 Å².